The molecule has 104 valence electrons. The van der Waals surface area contributed by atoms with Gasteiger partial charge >= 0.3 is 0 Å². The van der Waals surface area contributed by atoms with E-state index in [1.165, 1.54) is 12.5 Å². The molecule has 0 saturated heterocycles. The molecular formula is C14H20N2O3. The lowest BCUT2D eigenvalue weighted by Crippen LogP contribution is -2.41. The molecule has 0 unspecified atom stereocenters. The highest BCUT2D eigenvalue weighted by atomic mass is 16.6. The molecule has 0 bridgehead atoms. The number of nitrogens with zero attached hydrogens (tertiary/aromatic N) is 1. The van der Waals surface area contributed by atoms with Crippen molar-refractivity contribution in [2.45, 2.75) is 44.2 Å². The van der Waals surface area contributed by atoms with E-state index >= 15 is 0 Å². The topological polar surface area (TPSA) is 75.4 Å². The van der Waals surface area contributed by atoms with Gasteiger partial charge in [-0.05, 0) is 18.4 Å². The molecule has 0 atom stereocenters. The van der Waals surface area contributed by atoms with Gasteiger partial charge in [0.2, 0.25) is 0 Å². The predicted octanol–water partition coefficient (Wildman–Crippen LogP) is 2.38. The molecule has 0 amide bonds. The number of benzene rings is 1. The fraction of sp³-hybridized carbons (Fsp3) is 0.571. The molecule has 1 aliphatic carbocycles. The quantitative estimate of drug-likeness (QED) is 0.632. The Bertz CT molecular complexity index is 442. The number of nitro groups is 1. The second kappa shape index (κ2) is 6.12. The van der Waals surface area contributed by atoms with Gasteiger partial charge in [0.25, 0.3) is 5.69 Å². The largest absolute Gasteiger partial charge is 0.389 e. The molecule has 1 aromatic rings. The molecule has 5 nitrogen and oxygen atoms in total. The van der Waals surface area contributed by atoms with Gasteiger partial charge in [0.05, 0.1) is 10.5 Å². The van der Waals surface area contributed by atoms with E-state index in [1.54, 1.807) is 12.1 Å². The summed E-state index contributed by atoms with van der Waals surface area (Å²) in [4.78, 5) is 10.3. The van der Waals surface area contributed by atoms with Crippen LogP contribution < -0.4 is 5.32 Å². The van der Waals surface area contributed by atoms with Crippen LogP contribution >= 0.6 is 0 Å². The van der Waals surface area contributed by atoms with Gasteiger partial charge in [-0.1, -0.05) is 31.4 Å². The zero-order chi connectivity index (χ0) is 13.7. The lowest BCUT2D eigenvalue weighted by molar-refractivity contribution is -0.384. The molecule has 0 radical (unpaired) electrons. The van der Waals surface area contributed by atoms with Gasteiger partial charge < -0.3 is 10.4 Å². The maximum Gasteiger partial charge on any atom is 0.269 e. The van der Waals surface area contributed by atoms with Crippen molar-refractivity contribution in [3.8, 4) is 0 Å². The fourth-order valence-corrected chi connectivity index (χ4v) is 2.61. The average molecular weight is 264 g/mol. The highest BCUT2D eigenvalue weighted by Gasteiger charge is 2.28. The van der Waals surface area contributed by atoms with Crippen LogP contribution in [0.2, 0.25) is 0 Å². The number of non-ortho nitro benzene ring substituents is 1. The maximum absolute atomic E-state index is 10.7. The van der Waals surface area contributed by atoms with E-state index in [0.29, 0.717) is 13.1 Å². The Morgan fingerprint density at radius 2 is 2.05 bits per heavy atom. The Labute approximate surface area is 112 Å². The standard InChI is InChI=1S/C14H20N2O3/c17-14(7-2-1-3-8-14)11-15-10-12-5-4-6-13(9-12)16(18)19/h4-6,9,15,17H,1-3,7-8,10-11H2. The Balaban J connectivity index is 1.85. The summed E-state index contributed by atoms with van der Waals surface area (Å²) in [6.45, 7) is 1.10. The predicted molar refractivity (Wildman–Crippen MR) is 72.8 cm³/mol. The third-order valence-corrected chi connectivity index (χ3v) is 3.69. The monoisotopic (exact) mass is 264 g/mol. The second-order valence-corrected chi connectivity index (χ2v) is 5.32. The van der Waals surface area contributed by atoms with E-state index in [1.807, 2.05) is 6.07 Å². The van der Waals surface area contributed by atoms with Crippen LogP contribution in [0.5, 0.6) is 0 Å². The van der Waals surface area contributed by atoms with Crippen LogP contribution in [0.25, 0.3) is 0 Å². The van der Waals surface area contributed by atoms with Gasteiger partial charge in [-0.2, -0.15) is 0 Å². The van der Waals surface area contributed by atoms with Crippen molar-refractivity contribution in [2.75, 3.05) is 6.54 Å². The zero-order valence-corrected chi connectivity index (χ0v) is 11.0. The van der Waals surface area contributed by atoms with Crippen LogP contribution in [0.15, 0.2) is 24.3 Å². The van der Waals surface area contributed by atoms with Crippen molar-refractivity contribution in [1.82, 2.24) is 5.32 Å². The minimum Gasteiger partial charge on any atom is -0.389 e. The number of rotatable bonds is 5. The van der Waals surface area contributed by atoms with Gasteiger partial charge in [-0.15, -0.1) is 0 Å². The molecule has 0 heterocycles. The van der Waals surface area contributed by atoms with Crippen LogP contribution in [0.3, 0.4) is 0 Å². The summed E-state index contributed by atoms with van der Waals surface area (Å²) < 4.78 is 0. The maximum atomic E-state index is 10.7. The second-order valence-electron chi connectivity index (χ2n) is 5.32. The van der Waals surface area contributed by atoms with E-state index in [2.05, 4.69) is 5.32 Å². The lowest BCUT2D eigenvalue weighted by Gasteiger charge is -2.32. The van der Waals surface area contributed by atoms with Crippen LogP contribution in [-0.2, 0) is 6.54 Å². The summed E-state index contributed by atoms with van der Waals surface area (Å²) in [5.41, 5.74) is 0.378. The highest BCUT2D eigenvalue weighted by Crippen LogP contribution is 2.27. The first-order chi connectivity index (χ1) is 9.09. The average Bonchev–Trinajstić information content (AvgIpc) is 2.39. The molecule has 1 aliphatic rings. The SMILES string of the molecule is O=[N+]([O-])c1cccc(CNCC2(O)CCCCC2)c1. The summed E-state index contributed by atoms with van der Waals surface area (Å²) in [5, 5.41) is 24.2. The van der Waals surface area contributed by atoms with Crippen molar-refractivity contribution in [1.29, 1.82) is 0 Å². The first-order valence-electron chi connectivity index (χ1n) is 6.76. The molecule has 5 heteroatoms. The third kappa shape index (κ3) is 4.01. The Morgan fingerprint density at radius 3 is 2.74 bits per heavy atom. The molecule has 1 saturated carbocycles. The Morgan fingerprint density at radius 1 is 1.32 bits per heavy atom. The molecule has 1 fully saturated rings. The van der Waals surface area contributed by atoms with Crippen molar-refractivity contribution in [3.63, 3.8) is 0 Å². The van der Waals surface area contributed by atoms with Crippen LogP contribution in [0, 0.1) is 10.1 Å². The van der Waals surface area contributed by atoms with Gasteiger partial charge in [0.15, 0.2) is 0 Å². The third-order valence-electron chi connectivity index (χ3n) is 3.69. The molecule has 1 aromatic carbocycles. The van der Waals surface area contributed by atoms with Gasteiger partial charge in [0.1, 0.15) is 0 Å². The number of nitrogens with one attached hydrogen (secondary N) is 1. The van der Waals surface area contributed by atoms with E-state index in [9.17, 15) is 15.2 Å². The number of hydrogen-bond acceptors (Lipinski definition) is 4. The number of aliphatic hydroxyl groups is 1. The zero-order valence-electron chi connectivity index (χ0n) is 11.0. The molecule has 19 heavy (non-hydrogen) atoms. The van der Waals surface area contributed by atoms with Crippen LogP contribution in [-0.4, -0.2) is 22.2 Å². The number of hydrogen-bond donors (Lipinski definition) is 2. The molecule has 2 rings (SSSR count). The van der Waals surface area contributed by atoms with Crippen LogP contribution in [0.1, 0.15) is 37.7 Å². The highest BCUT2D eigenvalue weighted by molar-refractivity contribution is 5.34. The smallest absolute Gasteiger partial charge is 0.269 e. The minimum absolute atomic E-state index is 0.107. The lowest BCUT2D eigenvalue weighted by atomic mass is 9.85. The number of nitro benzene ring substituents is 1. The van der Waals surface area contributed by atoms with E-state index in [0.717, 1.165) is 31.2 Å². The first-order valence-corrected chi connectivity index (χ1v) is 6.76. The van der Waals surface area contributed by atoms with Crippen molar-refractivity contribution in [3.05, 3.63) is 39.9 Å². The van der Waals surface area contributed by atoms with Gasteiger partial charge in [-0.25, -0.2) is 0 Å². The fourth-order valence-electron chi connectivity index (χ4n) is 2.61. The molecular weight excluding hydrogens is 244 g/mol. The summed E-state index contributed by atoms with van der Waals surface area (Å²) in [7, 11) is 0. The summed E-state index contributed by atoms with van der Waals surface area (Å²) in [5.74, 6) is 0. The van der Waals surface area contributed by atoms with E-state index in [4.69, 9.17) is 0 Å². The Kier molecular flexibility index (Phi) is 4.50. The van der Waals surface area contributed by atoms with Crippen molar-refractivity contribution in [2.24, 2.45) is 0 Å². The Hall–Kier alpha value is -1.46. The summed E-state index contributed by atoms with van der Waals surface area (Å²) in [6.07, 6.45) is 5.04. The van der Waals surface area contributed by atoms with Crippen LogP contribution in [0.4, 0.5) is 5.69 Å². The van der Waals surface area contributed by atoms with Gasteiger partial charge in [-0.3, -0.25) is 10.1 Å². The van der Waals surface area contributed by atoms with E-state index in [-0.39, 0.29) is 5.69 Å². The van der Waals surface area contributed by atoms with Crippen molar-refractivity contribution < 1.29 is 10.0 Å². The van der Waals surface area contributed by atoms with Gasteiger partial charge in [0, 0.05) is 25.2 Å². The molecule has 0 aliphatic heterocycles. The summed E-state index contributed by atoms with van der Waals surface area (Å²) in [6, 6.07) is 6.59. The molecule has 0 spiro atoms. The normalized spacial score (nSPS) is 18.2. The first kappa shape index (κ1) is 14.0. The van der Waals surface area contributed by atoms with Crippen molar-refractivity contribution >= 4 is 5.69 Å². The summed E-state index contributed by atoms with van der Waals surface area (Å²) >= 11 is 0. The van der Waals surface area contributed by atoms with E-state index < -0.39 is 10.5 Å². The minimum atomic E-state index is -0.598. The molecule has 2 N–H and O–H groups in total. The molecule has 0 aromatic heterocycles.